The smallest absolute Gasteiger partial charge is 1.00 e. The van der Waals surface area contributed by atoms with Gasteiger partial charge in [0.1, 0.15) is 6.10 Å². The fourth-order valence-corrected chi connectivity index (χ4v) is 0.0577. The Kier molecular flexibility index (Phi) is 226. The topological polar surface area (TPSA) is 259 Å². The molecule has 0 aromatic heterocycles. The summed E-state index contributed by atoms with van der Waals surface area (Å²) >= 11 is 0. The van der Waals surface area contributed by atoms with E-state index in [-0.39, 0.29) is 110 Å². The standard InChI is InChI=1S/C3H8O3.C3H8O2.Ca.2ClH.5H2O/c4-1-3(6)2-5;1-3(5)2-4;;;;;;;;/h3-6H,1-2H2;3-5H,2H2,1H3;;2*1H;5*1H2/q;;+2;;;;;;;/p-2. The molecule has 0 spiro atoms. The molecule has 126 valence electrons. The normalized spacial score (nSPS) is 7.11. The summed E-state index contributed by atoms with van der Waals surface area (Å²) < 4.78 is 0. The first kappa shape index (κ1) is 70.9. The van der Waals surface area contributed by atoms with Crippen LogP contribution in [0.4, 0.5) is 0 Å². The zero-order chi connectivity index (χ0) is 9.28. The van der Waals surface area contributed by atoms with Crippen LogP contribution in [0, 0.1) is 0 Å². The molecule has 0 aliphatic carbocycles. The number of aliphatic hydroxyl groups excluding tert-OH is 5. The molecule has 0 radical (unpaired) electrons. The monoisotopic (exact) mass is 368 g/mol. The maximum Gasteiger partial charge on any atom is 2.00 e. The van der Waals surface area contributed by atoms with Gasteiger partial charge in [0.05, 0.1) is 25.9 Å². The predicted octanol–water partition coefficient (Wildman–Crippen LogP) is -12.8. The van der Waals surface area contributed by atoms with E-state index in [1.54, 1.807) is 0 Å². The van der Waals surface area contributed by atoms with E-state index in [1.165, 1.54) is 6.92 Å². The van der Waals surface area contributed by atoms with Gasteiger partial charge in [-0.3, -0.25) is 0 Å². The molecule has 0 aliphatic rings. The van der Waals surface area contributed by atoms with Crippen LogP contribution >= 0.6 is 0 Å². The van der Waals surface area contributed by atoms with Crippen molar-refractivity contribution < 1.29 is 77.7 Å². The second kappa shape index (κ2) is 60.6. The van der Waals surface area contributed by atoms with Crippen LogP contribution in [0.15, 0.2) is 0 Å². The SMILES string of the molecule is CC(O)CO.O.O.O.O.O.OCC(O)CO.[Ca+2].[Cl-].[Cl-]. The Morgan fingerprint density at radius 3 is 0.842 bits per heavy atom. The van der Waals surface area contributed by atoms with Crippen molar-refractivity contribution in [1.82, 2.24) is 0 Å². The van der Waals surface area contributed by atoms with Crippen molar-refractivity contribution in [2.45, 2.75) is 19.1 Å². The number of halogens is 2. The minimum atomic E-state index is -0.954. The molecule has 0 aromatic rings. The first-order valence-corrected chi connectivity index (χ1v) is 3.27. The van der Waals surface area contributed by atoms with Gasteiger partial charge in [0.15, 0.2) is 0 Å². The molecule has 0 saturated carbocycles. The van der Waals surface area contributed by atoms with Gasteiger partial charge < -0.3 is 77.7 Å². The average Bonchev–Trinajstić information content (AvgIpc) is 2.04. The molecule has 1 atom stereocenters. The molecule has 0 aliphatic heterocycles. The van der Waals surface area contributed by atoms with E-state index >= 15 is 0 Å². The van der Waals surface area contributed by atoms with Crippen molar-refractivity contribution in [3.05, 3.63) is 0 Å². The summed E-state index contributed by atoms with van der Waals surface area (Å²) in [7, 11) is 0. The molecule has 0 bridgehead atoms. The third-order valence-corrected chi connectivity index (χ3v) is 0.686. The number of aliphatic hydroxyl groups is 5. The summed E-state index contributed by atoms with van der Waals surface area (Å²) in [5.74, 6) is 0. The van der Waals surface area contributed by atoms with Crippen LogP contribution in [-0.2, 0) is 0 Å². The predicted molar refractivity (Wildman–Crippen MR) is 62.8 cm³/mol. The number of rotatable bonds is 3. The third kappa shape index (κ3) is 107. The minimum absolute atomic E-state index is 0. The Hall–Kier alpha value is 1.44. The van der Waals surface area contributed by atoms with Gasteiger partial charge in [0, 0.05) is 0 Å². The Bertz CT molecular complexity index is 81.0. The fraction of sp³-hybridized carbons (Fsp3) is 1.00. The summed E-state index contributed by atoms with van der Waals surface area (Å²) in [6.07, 6.45) is -1.51. The molecule has 0 heterocycles. The van der Waals surface area contributed by atoms with Crippen molar-refractivity contribution in [2.24, 2.45) is 0 Å². The summed E-state index contributed by atoms with van der Waals surface area (Å²) in [6, 6.07) is 0. The van der Waals surface area contributed by atoms with Crippen LogP contribution in [0.5, 0.6) is 0 Å². The summed E-state index contributed by atoms with van der Waals surface area (Å²) in [5, 5.41) is 40.0. The summed E-state index contributed by atoms with van der Waals surface area (Å²) in [6.45, 7) is 0.660. The summed E-state index contributed by atoms with van der Waals surface area (Å²) in [4.78, 5) is 0. The maximum atomic E-state index is 8.17. The molecule has 15 N–H and O–H groups in total. The van der Waals surface area contributed by atoms with Gasteiger partial charge in [-0.05, 0) is 6.92 Å². The Labute approximate surface area is 153 Å². The zero-order valence-corrected chi connectivity index (χ0v) is 14.2. The average molecular weight is 369 g/mol. The Morgan fingerprint density at radius 2 is 0.842 bits per heavy atom. The Balaban J connectivity index is -0.00000000754. The first-order chi connectivity index (χ1) is 5.08. The van der Waals surface area contributed by atoms with Crippen LogP contribution in [0.1, 0.15) is 6.92 Å². The molecule has 0 aromatic carbocycles. The molecule has 0 fully saturated rings. The maximum absolute atomic E-state index is 8.17. The van der Waals surface area contributed by atoms with Crippen molar-refractivity contribution in [1.29, 1.82) is 0 Å². The van der Waals surface area contributed by atoms with Gasteiger partial charge in [-0.2, -0.15) is 0 Å². The molecule has 0 rings (SSSR count). The first-order valence-electron chi connectivity index (χ1n) is 3.27. The van der Waals surface area contributed by atoms with Gasteiger partial charge in [-0.25, -0.2) is 0 Å². The fourth-order valence-electron chi connectivity index (χ4n) is 0.0577. The second-order valence-corrected chi connectivity index (χ2v) is 2.05. The molecule has 10 nitrogen and oxygen atoms in total. The van der Waals surface area contributed by atoms with Crippen LogP contribution in [0.2, 0.25) is 0 Å². The summed E-state index contributed by atoms with van der Waals surface area (Å²) in [5.41, 5.74) is 0. The Morgan fingerprint density at radius 1 is 0.684 bits per heavy atom. The van der Waals surface area contributed by atoms with Gasteiger partial charge in [-0.1, -0.05) is 0 Å². The zero-order valence-electron chi connectivity index (χ0n) is 10.5. The van der Waals surface area contributed by atoms with E-state index in [1.807, 2.05) is 0 Å². The molecular weight excluding hydrogens is 343 g/mol. The van der Waals surface area contributed by atoms with Gasteiger partial charge in [0.25, 0.3) is 0 Å². The largest absolute Gasteiger partial charge is 2.00 e. The van der Waals surface area contributed by atoms with Crippen molar-refractivity contribution >= 4 is 37.7 Å². The quantitative estimate of drug-likeness (QED) is 0.302. The number of hydrogen-bond donors (Lipinski definition) is 5. The van der Waals surface area contributed by atoms with E-state index in [2.05, 4.69) is 0 Å². The van der Waals surface area contributed by atoms with E-state index < -0.39 is 12.2 Å². The third-order valence-electron chi connectivity index (χ3n) is 0.686. The van der Waals surface area contributed by atoms with E-state index in [9.17, 15) is 0 Å². The molecule has 1 unspecified atom stereocenters. The van der Waals surface area contributed by atoms with Crippen LogP contribution < -0.4 is 24.8 Å². The van der Waals surface area contributed by atoms with Gasteiger partial charge in [-0.15, -0.1) is 0 Å². The van der Waals surface area contributed by atoms with E-state index in [4.69, 9.17) is 25.5 Å². The van der Waals surface area contributed by atoms with Gasteiger partial charge >= 0.3 is 37.7 Å². The number of hydrogen-bond acceptors (Lipinski definition) is 5. The second-order valence-electron chi connectivity index (χ2n) is 2.05. The van der Waals surface area contributed by atoms with Crippen LogP contribution in [0.3, 0.4) is 0 Å². The van der Waals surface area contributed by atoms with Gasteiger partial charge in [0.2, 0.25) is 0 Å². The molecule has 0 amide bonds. The molecule has 13 heteroatoms. The van der Waals surface area contributed by atoms with Crippen molar-refractivity contribution in [3.8, 4) is 0 Å². The molecular formula is C6H26CaCl2O10. The van der Waals surface area contributed by atoms with Crippen LogP contribution in [0.25, 0.3) is 0 Å². The molecule has 19 heavy (non-hydrogen) atoms. The van der Waals surface area contributed by atoms with Crippen LogP contribution in [-0.4, -0.2) is 123 Å². The van der Waals surface area contributed by atoms with E-state index in [0.29, 0.717) is 0 Å². The minimum Gasteiger partial charge on any atom is -1.00 e. The van der Waals surface area contributed by atoms with Crippen molar-refractivity contribution in [3.63, 3.8) is 0 Å². The van der Waals surface area contributed by atoms with Crippen molar-refractivity contribution in [2.75, 3.05) is 19.8 Å². The molecule has 0 saturated heterocycles. The van der Waals surface area contributed by atoms with E-state index in [0.717, 1.165) is 0 Å².